The number of urea groups is 1. The van der Waals surface area contributed by atoms with E-state index in [0.29, 0.717) is 6.42 Å². The fourth-order valence-corrected chi connectivity index (χ4v) is 5.53. The van der Waals surface area contributed by atoms with E-state index in [1.165, 1.54) is 11.0 Å². The number of nitrogens with one attached hydrogen (secondary N) is 3. The van der Waals surface area contributed by atoms with Crippen molar-refractivity contribution < 1.29 is 29.4 Å². The second kappa shape index (κ2) is 10.0. The van der Waals surface area contributed by atoms with Crippen molar-refractivity contribution in [2.45, 2.75) is 75.8 Å². The van der Waals surface area contributed by atoms with E-state index in [-0.39, 0.29) is 19.4 Å². The van der Waals surface area contributed by atoms with Crippen LogP contribution in [0.5, 0.6) is 0 Å². The van der Waals surface area contributed by atoms with Crippen LogP contribution in [0, 0.1) is 11.3 Å². The van der Waals surface area contributed by atoms with E-state index in [1.54, 1.807) is 20.8 Å². The Morgan fingerprint density at radius 3 is 2.53 bits per heavy atom. The van der Waals surface area contributed by atoms with Crippen molar-refractivity contribution >= 4 is 23.8 Å². The highest BCUT2D eigenvalue weighted by Crippen LogP contribution is 2.44. The summed E-state index contributed by atoms with van der Waals surface area (Å²) in [5.74, 6) is -2.63. The Morgan fingerprint density at radius 1 is 1.24 bits per heavy atom. The fourth-order valence-electron chi connectivity index (χ4n) is 5.53. The van der Waals surface area contributed by atoms with Gasteiger partial charge in [0, 0.05) is 24.9 Å². The van der Waals surface area contributed by atoms with Gasteiger partial charge in [0.25, 0.3) is 0 Å². The minimum Gasteiger partial charge on any atom is -0.479 e. The molecule has 1 heterocycles. The molecular formula is C27H37N5O6. The van der Waals surface area contributed by atoms with E-state index in [9.17, 15) is 29.4 Å². The molecule has 0 radical (unpaired) electrons. The highest BCUT2D eigenvalue weighted by Gasteiger charge is 2.61. The predicted octanol–water partition coefficient (Wildman–Crippen LogP) is 0.432. The number of hydrogen-bond donors (Lipinski definition) is 6. The van der Waals surface area contributed by atoms with Crippen molar-refractivity contribution in [3.05, 3.63) is 48.0 Å². The largest absolute Gasteiger partial charge is 0.479 e. The van der Waals surface area contributed by atoms with Crippen LogP contribution in [0.25, 0.3) is 0 Å². The zero-order valence-electron chi connectivity index (χ0n) is 21.9. The van der Waals surface area contributed by atoms with Crippen molar-refractivity contribution in [2.24, 2.45) is 17.1 Å². The molecule has 206 valence electrons. The number of carboxylic acids is 1. The van der Waals surface area contributed by atoms with Gasteiger partial charge in [-0.3, -0.25) is 9.59 Å². The monoisotopic (exact) mass is 527 g/mol. The van der Waals surface area contributed by atoms with Gasteiger partial charge in [-0.1, -0.05) is 51.1 Å². The average Bonchev–Trinajstić information content (AvgIpc) is 3.28. The summed E-state index contributed by atoms with van der Waals surface area (Å²) in [5.41, 5.74) is 5.74. The smallest absolute Gasteiger partial charge is 0.330 e. The van der Waals surface area contributed by atoms with E-state index in [2.05, 4.69) is 22.5 Å². The number of aliphatic carboxylic acids is 1. The Morgan fingerprint density at radius 2 is 1.92 bits per heavy atom. The number of carboxylic acid groups (broad SMARTS) is 1. The molecule has 0 spiro atoms. The first-order valence-electron chi connectivity index (χ1n) is 12.9. The molecule has 7 N–H and O–H groups in total. The van der Waals surface area contributed by atoms with Crippen LogP contribution in [-0.4, -0.2) is 75.2 Å². The van der Waals surface area contributed by atoms with Crippen LogP contribution < -0.4 is 21.7 Å². The van der Waals surface area contributed by atoms with Gasteiger partial charge in [0.15, 0.2) is 0 Å². The number of fused-ring (bicyclic) bond motifs is 1. The van der Waals surface area contributed by atoms with Gasteiger partial charge in [0.1, 0.15) is 17.6 Å². The average molecular weight is 528 g/mol. The van der Waals surface area contributed by atoms with Crippen molar-refractivity contribution in [1.82, 2.24) is 20.9 Å². The summed E-state index contributed by atoms with van der Waals surface area (Å²) in [6.07, 6.45) is 1.50. The number of rotatable bonds is 7. The van der Waals surface area contributed by atoms with E-state index in [4.69, 9.17) is 5.73 Å². The first kappa shape index (κ1) is 27.6. The molecule has 0 bridgehead atoms. The molecular weight excluding hydrogens is 490 g/mol. The zero-order chi connectivity index (χ0) is 28.0. The van der Waals surface area contributed by atoms with E-state index in [1.807, 2.05) is 24.3 Å². The fraction of sp³-hybridized carbons (Fsp3) is 0.556. The number of amides is 4. The third-order valence-corrected chi connectivity index (χ3v) is 7.82. The SMILES string of the molecule is C=CC1CC1(NC(=O)C1CC(N)CN1C(=O)NC(C(=O)NC1c2ccccc2CC1O)C(C)(C)C)C(=O)O. The standard InChI is InChI=1S/C27H37N5O6/c1-5-15-12-27(15,24(36)37)31-22(34)18-11-16(28)13-32(18)25(38)30-21(26(2,3)4)23(35)29-20-17-9-7-6-8-14(17)10-19(20)33/h5-9,15-16,18-21,33H,1,10-13,28H2,2-4H3,(H,29,35)(H,30,38)(H,31,34)(H,36,37). The summed E-state index contributed by atoms with van der Waals surface area (Å²) >= 11 is 0. The number of nitrogens with zero attached hydrogens (tertiary/aromatic N) is 1. The summed E-state index contributed by atoms with van der Waals surface area (Å²) in [7, 11) is 0. The molecule has 7 atom stereocenters. The number of carbonyl (C=O) groups is 4. The molecule has 1 saturated heterocycles. The molecule has 1 aromatic rings. The third kappa shape index (κ3) is 5.12. The molecule has 0 aromatic heterocycles. The molecule has 1 aliphatic heterocycles. The van der Waals surface area contributed by atoms with Crippen molar-refractivity contribution in [3.63, 3.8) is 0 Å². The number of likely N-dealkylation sites (tertiary alicyclic amines) is 1. The van der Waals surface area contributed by atoms with Gasteiger partial charge in [-0.05, 0) is 29.4 Å². The Hall–Kier alpha value is -3.44. The quantitative estimate of drug-likeness (QED) is 0.279. The molecule has 4 rings (SSSR count). The Bertz CT molecular complexity index is 1150. The maximum Gasteiger partial charge on any atom is 0.330 e. The van der Waals surface area contributed by atoms with Gasteiger partial charge in [0.05, 0.1) is 12.1 Å². The minimum atomic E-state index is -1.43. The molecule has 4 amide bonds. The predicted molar refractivity (Wildman–Crippen MR) is 139 cm³/mol. The van der Waals surface area contributed by atoms with E-state index in [0.717, 1.165) is 11.1 Å². The maximum absolute atomic E-state index is 13.4. The van der Waals surface area contributed by atoms with Gasteiger partial charge in [-0.25, -0.2) is 9.59 Å². The Kier molecular flexibility index (Phi) is 7.28. The van der Waals surface area contributed by atoms with Gasteiger partial charge in [-0.15, -0.1) is 6.58 Å². The lowest BCUT2D eigenvalue weighted by Crippen LogP contribution is -2.60. The highest BCUT2D eigenvalue weighted by molar-refractivity contribution is 5.95. The van der Waals surface area contributed by atoms with Crippen LogP contribution in [0.2, 0.25) is 0 Å². The van der Waals surface area contributed by atoms with Crippen molar-refractivity contribution in [1.29, 1.82) is 0 Å². The molecule has 11 nitrogen and oxygen atoms in total. The maximum atomic E-state index is 13.4. The normalized spacial score (nSPS) is 30.7. The topological polar surface area (TPSA) is 174 Å². The van der Waals surface area contributed by atoms with Crippen LogP contribution in [0.4, 0.5) is 4.79 Å². The number of benzene rings is 1. The number of aliphatic hydroxyl groups excluding tert-OH is 1. The molecule has 3 aliphatic rings. The van der Waals surface area contributed by atoms with Crippen molar-refractivity contribution in [3.8, 4) is 0 Å². The second-order valence-electron chi connectivity index (χ2n) is 11.7. The van der Waals surface area contributed by atoms with Gasteiger partial charge in [-0.2, -0.15) is 0 Å². The van der Waals surface area contributed by atoms with Crippen LogP contribution in [0.15, 0.2) is 36.9 Å². The van der Waals surface area contributed by atoms with Gasteiger partial charge < -0.3 is 36.8 Å². The molecule has 1 aromatic carbocycles. The van der Waals surface area contributed by atoms with Crippen LogP contribution in [0.3, 0.4) is 0 Å². The lowest BCUT2D eigenvalue weighted by Gasteiger charge is -2.34. The zero-order valence-corrected chi connectivity index (χ0v) is 21.9. The lowest BCUT2D eigenvalue weighted by atomic mass is 9.86. The summed E-state index contributed by atoms with van der Waals surface area (Å²) in [6.45, 7) is 9.10. The first-order valence-corrected chi connectivity index (χ1v) is 12.9. The second-order valence-corrected chi connectivity index (χ2v) is 11.7. The molecule has 11 heteroatoms. The Labute approximate surface area is 221 Å². The number of carbonyl (C=O) groups excluding carboxylic acids is 3. The van der Waals surface area contributed by atoms with Crippen molar-refractivity contribution in [2.75, 3.05) is 6.54 Å². The van der Waals surface area contributed by atoms with Gasteiger partial charge >= 0.3 is 12.0 Å². The third-order valence-electron chi connectivity index (χ3n) is 7.82. The lowest BCUT2D eigenvalue weighted by molar-refractivity contribution is -0.144. The van der Waals surface area contributed by atoms with E-state index < -0.39 is 71.0 Å². The van der Waals surface area contributed by atoms with Crippen LogP contribution >= 0.6 is 0 Å². The molecule has 2 fully saturated rings. The highest BCUT2D eigenvalue weighted by atomic mass is 16.4. The Balaban J connectivity index is 1.48. The summed E-state index contributed by atoms with van der Waals surface area (Å²) in [6, 6.07) is 3.75. The summed E-state index contributed by atoms with van der Waals surface area (Å²) < 4.78 is 0. The molecule has 38 heavy (non-hydrogen) atoms. The van der Waals surface area contributed by atoms with Crippen LogP contribution in [-0.2, 0) is 20.8 Å². The van der Waals surface area contributed by atoms with Gasteiger partial charge in [0.2, 0.25) is 11.8 Å². The number of aliphatic hydroxyl groups is 1. The van der Waals surface area contributed by atoms with Crippen LogP contribution in [0.1, 0.15) is 50.8 Å². The number of hydrogen-bond acceptors (Lipinski definition) is 6. The first-order chi connectivity index (χ1) is 17.8. The van der Waals surface area contributed by atoms with E-state index >= 15 is 0 Å². The molecule has 1 saturated carbocycles. The molecule has 7 unspecified atom stereocenters. The summed E-state index contributed by atoms with van der Waals surface area (Å²) in [5, 5.41) is 28.5. The minimum absolute atomic E-state index is 0.0715. The molecule has 2 aliphatic carbocycles. The summed E-state index contributed by atoms with van der Waals surface area (Å²) in [4.78, 5) is 53.1. The number of nitrogens with two attached hydrogens (primary N) is 1.